The average molecular weight is 472 g/mol. The Hall–Kier alpha value is -3.56. The lowest BCUT2D eigenvalue weighted by molar-refractivity contribution is 0.119. The van der Waals surface area contributed by atoms with Crippen molar-refractivity contribution in [1.82, 2.24) is 14.0 Å². The largest absolute Gasteiger partial charge is 0.340 e. The van der Waals surface area contributed by atoms with Crippen molar-refractivity contribution in [3.8, 4) is 0 Å². The Morgan fingerprint density at radius 2 is 0.972 bits per heavy atom. The van der Waals surface area contributed by atoms with Crippen LogP contribution in [-0.2, 0) is 26.2 Å². The van der Waals surface area contributed by atoms with Gasteiger partial charge >= 0.3 is 0 Å². The van der Waals surface area contributed by atoms with Gasteiger partial charge in [0.2, 0.25) is 0 Å². The molecule has 180 valence electrons. The van der Waals surface area contributed by atoms with Crippen LogP contribution in [0.2, 0.25) is 0 Å². The molecule has 2 aromatic heterocycles. The van der Waals surface area contributed by atoms with Crippen LogP contribution in [0.4, 0.5) is 0 Å². The Morgan fingerprint density at radius 3 is 1.44 bits per heavy atom. The zero-order valence-corrected chi connectivity index (χ0v) is 21.5. The molecule has 6 aromatic rings. The minimum absolute atomic E-state index is 0.0529. The van der Waals surface area contributed by atoms with E-state index in [0.717, 1.165) is 32.6 Å². The molecule has 4 aromatic carbocycles. The monoisotopic (exact) mass is 471 g/mol. The average Bonchev–Trinajstić information content (AvgIpc) is 3.35. The van der Waals surface area contributed by atoms with Crippen molar-refractivity contribution >= 4 is 43.6 Å². The highest BCUT2D eigenvalue weighted by molar-refractivity contribution is 6.09. The predicted octanol–water partition coefficient (Wildman–Crippen LogP) is 8.11. The lowest BCUT2D eigenvalue weighted by Gasteiger charge is -2.36. The van der Waals surface area contributed by atoms with E-state index in [1.54, 1.807) is 0 Å². The molecule has 4 aliphatic rings. The fourth-order valence-corrected chi connectivity index (χ4v) is 6.24. The van der Waals surface area contributed by atoms with E-state index in [0.29, 0.717) is 0 Å². The highest BCUT2D eigenvalue weighted by atomic mass is 15.2. The van der Waals surface area contributed by atoms with Crippen LogP contribution in [0.5, 0.6) is 0 Å². The van der Waals surface area contributed by atoms with Gasteiger partial charge in [-0.2, -0.15) is 0 Å². The zero-order valence-electron chi connectivity index (χ0n) is 21.5. The van der Waals surface area contributed by atoms with Gasteiger partial charge in [-0.15, -0.1) is 0 Å². The van der Waals surface area contributed by atoms with Gasteiger partial charge in [-0.05, 0) is 74.7 Å². The first-order chi connectivity index (χ1) is 17.5. The van der Waals surface area contributed by atoms with E-state index in [-0.39, 0.29) is 5.54 Å². The highest BCUT2D eigenvalue weighted by Gasteiger charge is 2.23. The maximum absolute atomic E-state index is 2.61. The molecule has 3 nitrogen and oxygen atoms in total. The lowest BCUT2D eigenvalue weighted by atomic mass is 10.0. The summed E-state index contributed by atoms with van der Waals surface area (Å²) in [5, 5.41) is 5.48. The normalized spacial score (nSPS) is 15.5. The Balaban J connectivity index is 1.47. The number of fused-ring (bicyclic) bond motifs is 2. The minimum Gasteiger partial charge on any atom is -0.340 e. The fraction of sp³-hybridized carbons (Fsp3) is 0.273. The molecular weight excluding hydrogens is 438 g/mol. The van der Waals surface area contributed by atoms with Gasteiger partial charge < -0.3 is 9.13 Å². The molecule has 36 heavy (non-hydrogen) atoms. The number of aryl methyl sites for hydroxylation is 2. The fourth-order valence-electron chi connectivity index (χ4n) is 6.24. The molecule has 0 saturated carbocycles. The van der Waals surface area contributed by atoms with Crippen molar-refractivity contribution in [2.45, 2.75) is 58.9 Å². The number of rotatable bonds is 0. The van der Waals surface area contributed by atoms with E-state index in [1.807, 2.05) is 0 Å². The summed E-state index contributed by atoms with van der Waals surface area (Å²) in [6, 6.07) is 32.1. The van der Waals surface area contributed by atoms with Gasteiger partial charge in [0.05, 0.1) is 0 Å². The van der Waals surface area contributed by atoms with Crippen molar-refractivity contribution in [2.75, 3.05) is 0 Å². The van der Waals surface area contributed by atoms with Crippen molar-refractivity contribution in [3.05, 3.63) is 96.1 Å². The number of aromatic nitrogens is 2. The Morgan fingerprint density at radius 1 is 0.528 bits per heavy atom. The van der Waals surface area contributed by atoms with Gasteiger partial charge in [0.25, 0.3) is 0 Å². The van der Waals surface area contributed by atoms with Gasteiger partial charge in [0.15, 0.2) is 0 Å². The van der Waals surface area contributed by atoms with Crippen molar-refractivity contribution in [1.29, 1.82) is 0 Å². The summed E-state index contributed by atoms with van der Waals surface area (Å²) < 4.78 is 5.07. The first-order valence-corrected chi connectivity index (χ1v) is 13.2. The molecule has 6 heterocycles. The molecule has 0 spiro atoms. The van der Waals surface area contributed by atoms with Crippen LogP contribution < -0.4 is 0 Å². The van der Waals surface area contributed by atoms with Gasteiger partial charge in [-0.3, -0.25) is 4.90 Å². The summed E-state index contributed by atoms with van der Waals surface area (Å²) in [6.45, 7) is 10.9. The molecular formula is C33H33N3. The summed E-state index contributed by atoms with van der Waals surface area (Å²) in [7, 11) is 0. The second kappa shape index (κ2) is 7.97. The number of nitrogens with zero attached hydrogens (tertiary/aromatic N) is 3. The maximum atomic E-state index is 2.61. The Labute approximate surface area is 212 Å². The molecule has 0 fully saturated rings. The third kappa shape index (κ3) is 3.37. The van der Waals surface area contributed by atoms with Gasteiger partial charge in [-0.25, -0.2) is 0 Å². The quantitative estimate of drug-likeness (QED) is 0.218. The van der Waals surface area contributed by atoms with E-state index in [9.17, 15) is 0 Å². The molecule has 3 heteroatoms. The summed E-state index contributed by atoms with van der Waals surface area (Å²) >= 11 is 0. The van der Waals surface area contributed by atoms with Crippen molar-refractivity contribution < 1.29 is 0 Å². The summed E-state index contributed by atoms with van der Waals surface area (Å²) in [4.78, 5) is 2.61. The number of para-hydroxylation sites is 2. The molecule has 0 aliphatic carbocycles. The first kappa shape index (κ1) is 21.7. The number of benzene rings is 4. The molecule has 0 amide bonds. The van der Waals surface area contributed by atoms with E-state index in [2.05, 4.69) is 120 Å². The summed E-state index contributed by atoms with van der Waals surface area (Å²) in [6.07, 6.45) is 1.09. The smallest absolute Gasteiger partial charge is 0.0491 e. The van der Waals surface area contributed by atoms with E-state index < -0.39 is 0 Å². The molecule has 4 aliphatic heterocycles. The van der Waals surface area contributed by atoms with Gasteiger partial charge in [0, 0.05) is 75.3 Å². The van der Waals surface area contributed by atoms with Crippen LogP contribution in [0, 0.1) is 0 Å². The topological polar surface area (TPSA) is 13.1 Å². The highest BCUT2D eigenvalue weighted by Crippen LogP contribution is 2.34. The van der Waals surface area contributed by atoms with Crippen molar-refractivity contribution in [2.24, 2.45) is 0 Å². The van der Waals surface area contributed by atoms with Crippen LogP contribution in [0.15, 0.2) is 84.9 Å². The molecule has 0 atom stereocenters. The van der Waals surface area contributed by atoms with E-state index in [4.69, 9.17) is 0 Å². The van der Waals surface area contributed by atoms with Gasteiger partial charge in [-0.1, -0.05) is 48.5 Å². The predicted molar refractivity (Wildman–Crippen MR) is 153 cm³/mol. The second-order valence-corrected chi connectivity index (χ2v) is 11.4. The SMILES string of the molecule is CC(C)(C)N1Cc2ccc3c(c2)c2ccccc2n3CCCn2c3ccccc3c3cc(ccc32)C1. The third-order valence-electron chi connectivity index (χ3n) is 8.13. The molecule has 0 unspecified atom stereocenters. The minimum atomic E-state index is 0.0529. The number of hydrogen-bond acceptors (Lipinski definition) is 1. The lowest BCUT2D eigenvalue weighted by Crippen LogP contribution is -2.40. The molecule has 8 bridgehead atoms. The molecule has 10 rings (SSSR count). The zero-order chi connectivity index (χ0) is 24.4. The first-order valence-electron chi connectivity index (χ1n) is 13.2. The molecule has 0 radical (unpaired) electrons. The van der Waals surface area contributed by atoms with Crippen LogP contribution in [0.1, 0.15) is 38.3 Å². The number of hydrogen-bond donors (Lipinski definition) is 0. The van der Waals surface area contributed by atoms with Gasteiger partial charge in [0.1, 0.15) is 0 Å². The third-order valence-corrected chi connectivity index (χ3v) is 8.13. The summed E-state index contributed by atoms with van der Waals surface area (Å²) in [5.41, 5.74) is 8.19. The van der Waals surface area contributed by atoms with Crippen LogP contribution in [0.3, 0.4) is 0 Å². The second-order valence-electron chi connectivity index (χ2n) is 11.4. The standard InChI is InChI=1S/C33H33N3/c1-33(2,3)34-21-23-13-15-31-27(19-23)25-9-4-6-11-29(25)35(31)17-8-18-36-30-12-7-5-10-26(30)28-20-24(22-34)14-16-32(28)36/h4-7,9-16,19-20H,8,17-18,21-22H2,1-3H3. The summed E-state index contributed by atoms with van der Waals surface area (Å²) in [5.74, 6) is 0. The van der Waals surface area contributed by atoms with E-state index in [1.165, 1.54) is 54.7 Å². The van der Waals surface area contributed by atoms with Crippen LogP contribution >= 0.6 is 0 Å². The van der Waals surface area contributed by atoms with E-state index >= 15 is 0 Å². The van der Waals surface area contributed by atoms with Crippen LogP contribution in [0.25, 0.3) is 43.6 Å². The Kier molecular flexibility index (Phi) is 4.81. The van der Waals surface area contributed by atoms with Crippen LogP contribution in [-0.4, -0.2) is 19.6 Å². The maximum Gasteiger partial charge on any atom is 0.0491 e. The molecule has 0 N–H and O–H groups in total. The molecule has 0 saturated heterocycles. The van der Waals surface area contributed by atoms with Crippen molar-refractivity contribution in [3.63, 3.8) is 0 Å². The Bertz CT molecular complexity index is 1640.